The van der Waals surface area contributed by atoms with E-state index in [0.717, 1.165) is 50.4 Å². The number of amides is 2. The highest BCUT2D eigenvalue weighted by atomic mass is 16.2. The maximum absolute atomic E-state index is 12.4. The Kier molecular flexibility index (Phi) is 6.04. The van der Waals surface area contributed by atoms with Crippen LogP contribution in [0.3, 0.4) is 0 Å². The van der Waals surface area contributed by atoms with Gasteiger partial charge in [0.25, 0.3) is 0 Å². The first-order valence-electron chi connectivity index (χ1n) is 9.29. The van der Waals surface area contributed by atoms with Gasteiger partial charge in [-0.15, -0.1) is 0 Å². The van der Waals surface area contributed by atoms with Crippen molar-refractivity contribution in [3.05, 3.63) is 30.9 Å². The molecule has 1 unspecified atom stereocenters. The first kappa shape index (κ1) is 18.2. The molecule has 0 spiro atoms. The summed E-state index contributed by atoms with van der Waals surface area (Å²) in [6.07, 6.45) is 10.8. The molecule has 1 atom stereocenters. The number of nitrogens with zero attached hydrogens (tertiary/aromatic N) is 5. The molecule has 0 saturated carbocycles. The second-order valence-electron chi connectivity index (χ2n) is 6.72. The highest BCUT2D eigenvalue weighted by molar-refractivity contribution is 5.88. The molecule has 140 valence electrons. The molecule has 0 aromatic carbocycles. The molecule has 26 heavy (non-hydrogen) atoms. The van der Waals surface area contributed by atoms with Crippen molar-refractivity contribution in [3.63, 3.8) is 0 Å². The molecule has 0 radical (unpaired) electrons. The van der Waals surface area contributed by atoms with Gasteiger partial charge in [0, 0.05) is 37.6 Å². The van der Waals surface area contributed by atoms with Gasteiger partial charge in [0.15, 0.2) is 0 Å². The van der Waals surface area contributed by atoms with Crippen molar-refractivity contribution >= 4 is 17.7 Å². The topological polar surface area (TPSA) is 88.0 Å². The Morgan fingerprint density at radius 1 is 1.31 bits per heavy atom. The molecule has 8 heteroatoms. The van der Waals surface area contributed by atoms with Gasteiger partial charge in [-0.05, 0) is 26.2 Å². The maximum Gasteiger partial charge on any atom is 0.320 e. The van der Waals surface area contributed by atoms with Crippen LogP contribution in [0.25, 0.3) is 0 Å². The third-order valence-electron chi connectivity index (χ3n) is 4.74. The van der Waals surface area contributed by atoms with E-state index in [-0.39, 0.29) is 18.1 Å². The van der Waals surface area contributed by atoms with Gasteiger partial charge >= 0.3 is 6.03 Å². The highest BCUT2D eigenvalue weighted by Crippen LogP contribution is 2.19. The standard InChI is InChI=1S/C18H27N7O/c1-3-4-14(2)25-16(5-8-21-25)23-18(26)22-15-6-11-24(12-7-15)17-13-19-9-10-20-17/h5,8-10,13-15H,3-4,6-7,11-12H2,1-2H3,(H2,22,23,26). The van der Waals surface area contributed by atoms with Crippen LogP contribution in [0.4, 0.5) is 16.4 Å². The van der Waals surface area contributed by atoms with Crippen LogP contribution in [0.15, 0.2) is 30.9 Å². The second kappa shape index (κ2) is 8.64. The van der Waals surface area contributed by atoms with E-state index >= 15 is 0 Å². The lowest BCUT2D eigenvalue weighted by Gasteiger charge is -2.32. The Hall–Kier alpha value is -2.64. The summed E-state index contributed by atoms with van der Waals surface area (Å²) in [5.74, 6) is 1.63. The van der Waals surface area contributed by atoms with E-state index < -0.39 is 0 Å². The summed E-state index contributed by atoms with van der Waals surface area (Å²) in [5.41, 5.74) is 0. The Morgan fingerprint density at radius 2 is 2.12 bits per heavy atom. The average molecular weight is 357 g/mol. The van der Waals surface area contributed by atoms with E-state index in [9.17, 15) is 4.79 Å². The lowest BCUT2D eigenvalue weighted by Crippen LogP contribution is -2.46. The minimum atomic E-state index is -0.173. The summed E-state index contributed by atoms with van der Waals surface area (Å²) in [7, 11) is 0. The van der Waals surface area contributed by atoms with Crippen LogP contribution in [0.1, 0.15) is 45.6 Å². The minimum absolute atomic E-state index is 0.160. The van der Waals surface area contributed by atoms with Crippen LogP contribution in [0.5, 0.6) is 0 Å². The summed E-state index contributed by atoms with van der Waals surface area (Å²) >= 11 is 0. The summed E-state index contributed by atoms with van der Waals surface area (Å²) in [6, 6.07) is 2.09. The smallest absolute Gasteiger partial charge is 0.320 e. The zero-order chi connectivity index (χ0) is 18.4. The lowest BCUT2D eigenvalue weighted by molar-refractivity contribution is 0.245. The number of piperidine rings is 1. The molecule has 8 nitrogen and oxygen atoms in total. The summed E-state index contributed by atoms with van der Waals surface area (Å²) in [5, 5.41) is 10.3. The molecule has 3 heterocycles. The van der Waals surface area contributed by atoms with Crippen LogP contribution in [0, 0.1) is 0 Å². The number of urea groups is 1. The minimum Gasteiger partial charge on any atom is -0.355 e. The van der Waals surface area contributed by atoms with Gasteiger partial charge < -0.3 is 10.2 Å². The van der Waals surface area contributed by atoms with Crippen molar-refractivity contribution in [2.24, 2.45) is 0 Å². The molecular weight excluding hydrogens is 330 g/mol. The first-order chi connectivity index (χ1) is 12.7. The third-order valence-corrected chi connectivity index (χ3v) is 4.74. The Morgan fingerprint density at radius 3 is 2.81 bits per heavy atom. The normalized spacial score (nSPS) is 16.3. The first-order valence-corrected chi connectivity index (χ1v) is 9.29. The molecule has 2 N–H and O–H groups in total. The van der Waals surface area contributed by atoms with Gasteiger partial charge in [0.2, 0.25) is 0 Å². The van der Waals surface area contributed by atoms with Crippen LogP contribution in [-0.2, 0) is 0 Å². The van der Waals surface area contributed by atoms with Crippen molar-refractivity contribution in [1.29, 1.82) is 0 Å². The van der Waals surface area contributed by atoms with Crippen molar-refractivity contribution in [2.75, 3.05) is 23.3 Å². The van der Waals surface area contributed by atoms with Gasteiger partial charge in [0.1, 0.15) is 11.6 Å². The highest BCUT2D eigenvalue weighted by Gasteiger charge is 2.22. The van der Waals surface area contributed by atoms with Gasteiger partial charge in [-0.25, -0.2) is 14.5 Å². The van der Waals surface area contributed by atoms with Gasteiger partial charge in [-0.2, -0.15) is 5.10 Å². The number of hydrogen-bond donors (Lipinski definition) is 2. The third kappa shape index (κ3) is 4.50. The molecule has 1 aliphatic heterocycles. The van der Waals surface area contributed by atoms with Gasteiger partial charge in [-0.3, -0.25) is 10.3 Å². The monoisotopic (exact) mass is 357 g/mol. The molecule has 1 saturated heterocycles. The second-order valence-corrected chi connectivity index (χ2v) is 6.72. The van der Waals surface area contributed by atoms with Crippen LogP contribution >= 0.6 is 0 Å². The molecule has 2 aromatic heterocycles. The molecule has 2 aromatic rings. The average Bonchev–Trinajstić information content (AvgIpc) is 3.11. The summed E-state index contributed by atoms with van der Waals surface area (Å²) in [6.45, 7) is 5.97. The number of carbonyl (C=O) groups excluding carboxylic acids is 1. The van der Waals surface area contributed by atoms with E-state index in [1.54, 1.807) is 24.8 Å². The molecule has 3 rings (SSSR count). The van der Waals surface area contributed by atoms with E-state index in [4.69, 9.17) is 0 Å². The van der Waals surface area contributed by atoms with Crippen molar-refractivity contribution in [1.82, 2.24) is 25.1 Å². The summed E-state index contributed by atoms with van der Waals surface area (Å²) < 4.78 is 1.87. The number of hydrogen-bond acceptors (Lipinski definition) is 5. The fourth-order valence-corrected chi connectivity index (χ4v) is 3.35. The van der Waals surface area contributed by atoms with Crippen molar-refractivity contribution in [3.8, 4) is 0 Å². The fraction of sp³-hybridized carbons (Fsp3) is 0.556. The largest absolute Gasteiger partial charge is 0.355 e. The van der Waals surface area contributed by atoms with Gasteiger partial charge in [-0.1, -0.05) is 13.3 Å². The van der Waals surface area contributed by atoms with E-state index in [2.05, 4.69) is 44.4 Å². The van der Waals surface area contributed by atoms with Crippen LogP contribution in [0.2, 0.25) is 0 Å². The molecule has 1 fully saturated rings. The summed E-state index contributed by atoms with van der Waals surface area (Å²) in [4.78, 5) is 23.0. The molecular formula is C18H27N7O. The molecule has 1 aliphatic rings. The number of carbonyl (C=O) groups is 1. The van der Waals surface area contributed by atoms with Crippen molar-refractivity contribution < 1.29 is 4.79 Å². The quantitative estimate of drug-likeness (QED) is 0.830. The number of aromatic nitrogens is 4. The molecule has 2 amide bonds. The zero-order valence-corrected chi connectivity index (χ0v) is 15.4. The van der Waals surface area contributed by atoms with E-state index in [1.165, 1.54) is 0 Å². The van der Waals surface area contributed by atoms with E-state index in [0.29, 0.717) is 0 Å². The van der Waals surface area contributed by atoms with Gasteiger partial charge in [0.05, 0.1) is 18.4 Å². The number of nitrogens with one attached hydrogen (secondary N) is 2. The van der Waals surface area contributed by atoms with Crippen LogP contribution < -0.4 is 15.5 Å². The Labute approximate surface area is 154 Å². The lowest BCUT2D eigenvalue weighted by atomic mass is 10.1. The molecule has 0 bridgehead atoms. The van der Waals surface area contributed by atoms with Crippen molar-refractivity contribution in [2.45, 2.75) is 51.6 Å². The SMILES string of the molecule is CCCC(C)n1nccc1NC(=O)NC1CCN(c2cnccn2)CC1. The number of anilines is 2. The predicted octanol–water partition coefficient (Wildman–Crippen LogP) is 2.82. The predicted molar refractivity (Wildman–Crippen MR) is 101 cm³/mol. The maximum atomic E-state index is 12.4. The Bertz CT molecular complexity index is 695. The zero-order valence-electron chi connectivity index (χ0n) is 15.4. The Balaban J connectivity index is 1.49. The fourth-order valence-electron chi connectivity index (χ4n) is 3.35. The molecule has 0 aliphatic carbocycles. The van der Waals surface area contributed by atoms with Crippen LogP contribution in [-0.4, -0.2) is 44.9 Å². The van der Waals surface area contributed by atoms with E-state index in [1.807, 2.05) is 10.7 Å². The number of rotatable bonds is 6.